The van der Waals surface area contributed by atoms with Gasteiger partial charge in [-0.25, -0.2) is 9.37 Å². The average molecular weight is 347 g/mol. The van der Waals surface area contributed by atoms with Crippen LogP contribution in [0.3, 0.4) is 0 Å². The largest absolute Gasteiger partial charge is 0.393 e. The maximum atomic E-state index is 13.2. The first-order valence-corrected chi connectivity index (χ1v) is 8.22. The third-order valence-corrected chi connectivity index (χ3v) is 4.80. The molecule has 7 heteroatoms. The Labute approximate surface area is 141 Å². The number of thiocarbonyl (C=S) groups is 1. The Hall–Kier alpha value is -2.12. The molecule has 0 aliphatic heterocycles. The van der Waals surface area contributed by atoms with Crippen LogP contribution < -0.4 is 11.3 Å². The summed E-state index contributed by atoms with van der Waals surface area (Å²) in [6.07, 6.45) is 1.96. The predicted octanol–water partition coefficient (Wildman–Crippen LogP) is 3.25. The van der Waals surface area contributed by atoms with Crippen molar-refractivity contribution >= 4 is 38.8 Å². The van der Waals surface area contributed by atoms with E-state index < -0.39 is 0 Å². The molecule has 0 aliphatic rings. The van der Waals surface area contributed by atoms with E-state index >= 15 is 0 Å². The Bertz CT molecular complexity index is 944. The molecule has 2 N–H and O–H groups in total. The van der Waals surface area contributed by atoms with Crippen molar-refractivity contribution in [3.63, 3.8) is 0 Å². The molecule has 2 heterocycles. The number of hydrogen-bond donors (Lipinski definition) is 1. The van der Waals surface area contributed by atoms with Crippen LogP contribution in [0.1, 0.15) is 11.3 Å². The number of hydrogen-bond acceptors (Lipinski definition) is 4. The number of fused-ring (bicyclic) bond motifs is 1. The lowest BCUT2D eigenvalue weighted by Crippen LogP contribution is -2.23. The van der Waals surface area contributed by atoms with Gasteiger partial charge in [0.05, 0.1) is 16.7 Å². The molecule has 118 valence electrons. The third kappa shape index (κ3) is 3.02. The maximum absolute atomic E-state index is 13.2. The first-order chi connectivity index (χ1) is 11.0. The Balaban J connectivity index is 2.19. The van der Waals surface area contributed by atoms with Crippen molar-refractivity contribution < 1.29 is 4.39 Å². The van der Waals surface area contributed by atoms with Gasteiger partial charge in [-0.05, 0) is 24.6 Å². The van der Waals surface area contributed by atoms with E-state index in [1.165, 1.54) is 34.4 Å². The molecule has 2 aromatic heterocycles. The van der Waals surface area contributed by atoms with E-state index in [4.69, 9.17) is 18.0 Å². The van der Waals surface area contributed by atoms with Crippen molar-refractivity contribution in [1.29, 1.82) is 0 Å². The fourth-order valence-electron chi connectivity index (χ4n) is 2.49. The van der Waals surface area contributed by atoms with Crippen molar-refractivity contribution in [2.45, 2.75) is 19.9 Å². The Morgan fingerprint density at radius 2 is 2.09 bits per heavy atom. The minimum Gasteiger partial charge on any atom is -0.393 e. The molecule has 0 radical (unpaired) electrons. The number of rotatable bonds is 4. The number of nitrogens with zero attached hydrogens (tertiary/aromatic N) is 2. The van der Waals surface area contributed by atoms with Gasteiger partial charge in [-0.15, -0.1) is 11.3 Å². The van der Waals surface area contributed by atoms with E-state index in [0.717, 1.165) is 16.0 Å². The minimum atomic E-state index is -0.307. The minimum absolute atomic E-state index is 0.130. The summed E-state index contributed by atoms with van der Waals surface area (Å²) in [5.74, 6) is -0.307. The van der Waals surface area contributed by atoms with Crippen LogP contribution in [0.2, 0.25) is 0 Å². The molecule has 0 atom stereocenters. The van der Waals surface area contributed by atoms with Gasteiger partial charge in [0.25, 0.3) is 5.56 Å². The molecular weight excluding hydrogens is 333 g/mol. The molecule has 4 nitrogen and oxygen atoms in total. The molecule has 0 aliphatic carbocycles. The SMILES string of the molecule is Cc1sc2ncn(CCC(N)=S)c(=O)c2c1-c1ccc(F)cc1. The van der Waals surface area contributed by atoms with Gasteiger partial charge in [0.1, 0.15) is 10.6 Å². The quantitative estimate of drug-likeness (QED) is 0.736. The van der Waals surface area contributed by atoms with E-state index in [2.05, 4.69) is 4.98 Å². The highest BCUT2D eigenvalue weighted by molar-refractivity contribution is 7.80. The molecule has 3 aromatic rings. The van der Waals surface area contributed by atoms with Gasteiger partial charge in [0, 0.05) is 23.4 Å². The molecule has 3 rings (SSSR count). The first kappa shape index (κ1) is 15.8. The summed E-state index contributed by atoms with van der Waals surface area (Å²) in [5.41, 5.74) is 6.99. The van der Waals surface area contributed by atoms with Gasteiger partial charge in [-0.2, -0.15) is 0 Å². The number of halogens is 1. The second-order valence-corrected chi connectivity index (χ2v) is 6.91. The molecule has 0 bridgehead atoms. The predicted molar refractivity (Wildman–Crippen MR) is 95.4 cm³/mol. The lowest BCUT2D eigenvalue weighted by molar-refractivity contribution is 0.628. The molecule has 0 fully saturated rings. The molecular formula is C16H14FN3OS2. The second kappa shape index (κ2) is 6.17. The topological polar surface area (TPSA) is 60.9 Å². The summed E-state index contributed by atoms with van der Waals surface area (Å²) in [6.45, 7) is 2.33. The molecule has 0 saturated heterocycles. The van der Waals surface area contributed by atoms with E-state index in [1.807, 2.05) is 6.92 Å². The number of aromatic nitrogens is 2. The molecule has 0 amide bonds. The van der Waals surface area contributed by atoms with Crippen molar-refractivity contribution in [2.75, 3.05) is 0 Å². The summed E-state index contributed by atoms with van der Waals surface area (Å²) in [6, 6.07) is 6.13. The molecule has 1 aromatic carbocycles. The van der Waals surface area contributed by atoms with Crippen molar-refractivity contribution in [3.8, 4) is 11.1 Å². The molecule has 23 heavy (non-hydrogen) atoms. The smallest absolute Gasteiger partial charge is 0.262 e. The van der Waals surface area contributed by atoms with E-state index in [1.54, 1.807) is 12.1 Å². The fraction of sp³-hybridized carbons (Fsp3) is 0.188. The van der Waals surface area contributed by atoms with Crippen LogP contribution in [0.4, 0.5) is 4.39 Å². The summed E-state index contributed by atoms with van der Waals surface area (Å²) in [4.78, 5) is 19.2. The average Bonchev–Trinajstić information content (AvgIpc) is 2.84. The maximum Gasteiger partial charge on any atom is 0.262 e. The fourth-order valence-corrected chi connectivity index (χ4v) is 3.59. The molecule has 0 saturated carbocycles. The monoisotopic (exact) mass is 347 g/mol. The van der Waals surface area contributed by atoms with Gasteiger partial charge in [-0.1, -0.05) is 24.4 Å². The standard InChI is InChI=1S/C16H14FN3OS2/c1-9-13(10-2-4-11(17)5-3-10)14-15(23-9)19-8-20(16(14)21)7-6-12(18)22/h2-5,8H,6-7H2,1H3,(H2,18,22). The number of nitrogens with two attached hydrogens (primary N) is 1. The number of benzene rings is 1. The van der Waals surface area contributed by atoms with Crippen molar-refractivity contribution in [2.24, 2.45) is 5.73 Å². The van der Waals surface area contributed by atoms with E-state index in [9.17, 15) is 9.18 Å². The normalized spacial score (nSPS) is 11.0. The highest BCUT2D eigenvalue weighted by atomic mass is 32.1. The lowest BCUT2D eigenvalue weighted by atomic mass is 10.0. The highest BCUT2D eigenvalue weighted by Gasteiger charge is 2.16. The van der Waals surface area contributed by atoms with Gasteiger partial charge in [0.2, 0.25) is 0 Å². The zero-order valence-electron chi connectivity index (χ0n) is 12.4. The van der Waals surface area contributed by atoms with Crippen LogP contribution in [-0.4, -0.2) is 14.5 Å². The van der Waals surface area contributed by atoms with Gasteiger partial charge in [0.15, 0.2) is 0 Å². The summed E-state index contributed by atoms with van der Waals surface area (Å²) in [5, 5.41) is 0.560. The molecule has 0 unspecified atom stereocenters. The van der Waals surface area contributed by atoms with Gasteiger partial charge >= 0.3 is 0 Å². The lowest BCUT2D eigenvalue weighted by Gasteiger charge is -2.06. The molecule has 0 spiro atoms. The van der Waals surface area contributed by atoms with Crippen molar-refractivity contribution in [1.82, 2.24) is 9.55 Å². The Morgan fingerprint density at radius 3 is 2.74 bits per heavy atom. The van der Waals surface area contributed by atoms with Crippen LogP contribution in [0.25, 0.3) is 21.3 Å². The van der Waals surface area contributed by atoms with Crippen LogP contribution >= 0.6 is 23.6 Å². The van der Waals surface area contributed by atoms with Crippen LogP contribution in [0, 0.1) is 12.7 Å². The van der Waals surface area contributed by atoms with Gasteiger partial charge in [-0.3, -0.25) is 9.36 Å². The zero-order valence-corrected chi connectivity index (χ0v) is 14.0. The zero-order chi connectivity index (χ0) is 16.6. The van der Waals surface area contributed by atoms with Crippen LogP contribution in [-0.2, 0) is 6.54 Å². The van der Waals surface area contributed by atoms with Crippen LogP contribution in [0.15, 0.2) is 35.4 Å². The third-order valence-electron chi connectivity index (χ3n) is 3.59. The summed E-state index contributed by atoms with van der Waals surface area (Å²) in [7, 11) is 0. The van der Waals surface area contributed by atoms with Crippen molar-refractivity contribution in [3.05, 3.63) is 51.6 Å². The summed E-state index contributed by atoms with van der Waals surface area (Å²) < 4.78 is 14.7. The van der Waals surface area contributed by atoms with E-state index in [0.29, 0.717) is 28.2 Å². The summed E-state index contributed by atoms with van der Waals surface area (Å²) >= 11 is 6.32. The van der Waals surface area contributed by atoms with Gasteiger partial charge < -0.3 is 5.73 Å². The Kier molecular flexibility index (Phi) is 4.23. The number of thiophene rings is 1. The highest BCUT2D eigenvalue weighted by Crippen LogP contribution is 2.35. The van der Waals surface area contributed by atoms with Crippen LogP contribution in [0.5, 0.6) is 0 Å². The Morgan fingerprint density at radius 1 is 1.39 bits per heavy atom. The number of aryl methyl sites for hydroxylation is 2. The second-order valence-electron chi connectivity index (χ2n) is 5.18. The first-order valence-electron chi connectivity index (χ1n) is 7.00. The van der Waals surface area contributed by atoms with E-state index in [-0.39, 0.29) is 11.4 Å².